The molecule has 1 aromatic carbocycles. The fourth-order valence-electron chi connectivity index (χ4n) is 2.41. The maximum absolute atomic E-state index is 12.9. The highest BCUT2D eigenvalue weighted by atomic mass is 19.1. The number of nitrogens with two attached hydrogens (primary N) is 1. The second kappa shape index (κ2) is 6.70. The number of benzene rings is 1. The van der Waals surface area contributed by atoms with E-state index in [1.165, 1.54) is 31.0 Å². The SMILES string of the molecule is CC1CCN(CCC(=O)Nc2ccc(F)cc2N)CC1. The lowest BCUT2D eigenvalue weighted by atomic mass is 9.99. The summed E-state index contributed by atoms with van der Waals surface area (Å²) < 4.78 is 12.9. The van der Waals surface area contributed by atoms with Crippen LogP contribution in [0.2, 0.25) is 0 Å². The predicted molar refractivity (Wildman–Crippen MR) is 78.9 cm³/mol. The number of nitrogen functional groups attached to an aromatic ring is 1. The van der Waals surface area contributed by atoms with Crippen molar-refractivity contribution in [2.45, 2.75) is 26.2 Å². The molecule has 5 heteroatoms. The number of hydrogen-bond acceptors (Lipinski definition) is 3. The van der Waals surface area contributed by atoms with Crippen LogP contribution >= 0.6 is 0 Å². The van der Waals surface area contributed by atoms with Gasteiger partial charge in [0.15, 0.2) is 0 Å². The van der Waals surface area contributed by atoms with E-state index in [-0.39, 0.29) is 11.6 Å². The molecule has 1 aliphatic heterocycles. The Morgan fingerprint density at radius 1 is 1.45 bits per heavy atom. The van der Waals surface area contributed by atoms with Crippen LogP contribution in [0, 0.1) is 11.7 Å². The second-order valence-corrected chi connectivity index (χ2v) is 5.55. The molecule has 0 atom stereocenters. The van der Waals surface area contributed by atoms with Gasteiger partial charge in [-0.05, 0) is 50.0 Å². The number of amides is 1. The first kappa shape index (κ1) is 14.8. The number of nitrogens with one attached hydrogen (secondary N) is 1. The van der Waals surface area contributed by atoms with Crippen molar-refractivity contribution in [3.05, 3.63) is 24.0 Å². The lowest BCUT2D eigenvalue weighted by Gasteiger charge is -2.29. The molecule has 1 saturated heterocycles. The first-order valence-corrected chi connectivity index (χ1v) is 7.12. The van der Waals surface area contributed by atoms with Crippen LogP contribution in [0.5, 0.6) is 0 Å². The predicted octanol–water partition coefficient (Wildman–Crippen LogP) is 2.47. The third kappa shape index (κ3) is 4.20. The van der Waals surface area contributed by atoms with Crippen LogP contribution in [0.4, 0.5) is 15.8 Å². The molecule has 1 aromatic rings. The van der Waals surface area contributed by atoms with E-state index in [1.54, 1.807) is 0 Å². The minimum atomic E-state index is -0.400. The number of carbonyl (C=O) groups excluding carboxylic acids is 1. The van der Waals surface area contributed by atoms with Crippen molar-refractivity contribution >= 4 is 17.3 Å². The quantitative estimate of drug-likeness (QED) is 0.832. The number of rotatable bonds is 4. The lowest BCUT2D eigenvalue weighted by molar-refractivity contribution is -0.116. The topological polar surface area (TPSA) is 58.4 Å². The molecule has 1 heterocycles. The van der Waals surface area contributed by atoms with Gasteiger partial charge >= 0.3 is 0 Å². The first-order chi connectivity index (χ1) is 9.54. The summed E-state index contributed by atoms with van der Waals surface area (Å²) >= 11 is 0. The van der Waals surface area contributed by atoms with E-state index in [2.05, 4.69) is 17.1 Å². The average Bonchev–Trinajstić information content (AvgIpc) is 2.41. The lowest BCUT2D eigenvalue weighted by Crippen LogP contribution is -2.35. The van der Waals surface area contributed by atoms with Gasteiger partial charge in [-0.25, -0.2) is 4.39 Å². The number of hydrogen-bond donors (Lipinski definition) is 2. The molecule has 0 spiro atoms. The van der Waals surface area contributed by atoms with Crippen molar-refractivity contribution in [2.24, 2.45) is 5.92 Å². The van der Waals surface area contributed by atoms with Gasteiger partial charge in [0, 0.05) is 13.0 Å². The summed E-state index contributed by atoms with van der Waals surface area (Å²) in [5.74, 6) is 0.309. The normalized spacial score (nSPS) is 17.1. The zero-order valence-corrected chi connectivity index (χ0v) is 11.9. The smallest absolute Gasteiger partial charge is 0.225 e. The molecule has 0 bridgehead atoms. The number of anilines is 2. The highest BCUT2D eigenvalue weighted by Crippen LogP contribution is 2.19. The fourth-order valence-corrected chi connectivity index (χ4v) is 2.41. The largest absolute Gasteiger partial charge is 0.397 e. The zero-order valence-electron chi connectivity index (χ0n) is 11.9. The minimum absolute atomic E-state index is 0.0815. The summed E-state index contributed by atoms with van der Waals surface area (Å²) in [7, 11) is 0. The van der Waals surface area contributed by atoms with Crippen LogP contribution in [-0.2, 0) is 4.79 Å². The van der Waals surface area contributed by atoms with Crippen LogP contribution in [0.3, 0.4) is 0 Å². The molecule has 0 saturated carbocycles. The molecule has 0 aliphatic carbocycles. The van der Waals surface area contributed by atoms with E-state index >= 15 is 0 Å². The monoisotopic (exact) mass is 279 g/mol. The molecule has 0 aromatic heterocycles. The summed E-state index contributed by atoms with van der Waals surface area (Å²) in [6, 6.07) is 3.99. The van der Waals surface area contributed by atoms with Crippen LogP contribution in [0.1, 0.15) is 26.2 Å². The highest BCUT2D eigenvalue weighted by Gasteiger charge is 2.16. The van der Waals surface area contributed by atoms with Gasteiger partial charge < -0.3 is 16.0 Å². The standard InChI is InChI=1S/C15H22FN3O/c1-11-4-7-19(8-5-11)9-6-15(20)18-14-3-2-12(16)10-13(14)17/h2-3,10-11H,4-9,17H2,1H3,(H,18,20). The molecule has 1 amide bonds. The van der Waals surface area contributed by atoms with E-state index in [0.29, 0.717) is 12.1 Å². The summed E-state index contributed by atoms with van der Waals surface area (Å²) in [6.45, 7) is 5.15. The van der Waals surface area contributed by atoms with E-state index in [9.17, 15) is 9.18 Å². The molecule has 2 rings (SSSR count). The Bertz CT molecular complexity index is 470. The average molecular weight is 279 g/mol. The van der Waals surface area contributed by atoms with Crippen LogP contribution in [0.15, 0.2) is 18.2 Å². The van der Waals surface area contributed by atoms with Crippen LogP contribution in [-0.4, -0.2) is 30.4 Å². The number of likely N-dealkylation sites (tertiary alicyclic amines) is 1. The van der Waals surface area contributed by atoms with Gasteiger partial charge in [-0.15, -0.1) is 0 Å². The molecule has 20 heavy (non-hydrogen) atoms. The Hall–Kier alpha value is -1.62. The molecule has 3 N–H and O–H groups in total. The highest BCUT2D eigenvalue weighted by molar-refractivity contribution is 5.93. The Kier molecular flexibility index (Phi) is 4.95. The van der Waals surface area contributed by atoms with Crippen molar-refractivity contribution in [3.63, 3.8) is 0 Å². The van der Waals surface area contributed by atoms with Gasteiger partial charge in [-0.3, -0.25) is 4.79 Å². The van der Waals surface area contributed by atoms with Gasteiger partial charge in [0.2, 0.25) is 5.91 Å². The van der Waals surface area contributed by atoms with E-state index in [1.807, 2.05) is 0 Å². The molecule has 1 aliphatic rings. The van der Waals surface area contributed by atoms with Crippen molar-refractivity contribution in [1.82, 2.24) is 4.90 Å². The molecular formula is C15H22FN3O. The van der Waals surface area contributed by atoms with Crippen molar-refractivity contribution in [1.29, 1.82) is 0 Å². The Morgan fingerprint density at radius 3 is 2.80 bits per heavy atom. The number of nitrogens with zero attached hydrogens (tertiary/aromatic N) is 1. The fraction of sp³-hybridized carbons (Fsp3) is 0.533. The molecule has 1 fully saturated rings. The molecule has 0 radical (unpaired) electrons. The number of piperidine rings is 1. The third-order valence-electron chi connectivity index (χ3n) is 3.82. The Morgan fingerprint density at radius 2 is 2.15 bits per heavy atom. The summed E-state index contributed by atoms with van der Waals surface area (Å²) in [5.41, 5.74) is 6.39. The second-order valence-electron chi connectivity index (χ2n) is 5.55. The van der Waals surface area contributed by atoms with E-state index in [0.717, 1.165) is 25.6 Å². The van der Waals surface area contributed by atoms with E-state index in [4.69, 9.17) is 5.73 Å². The zero-order chi connectivity index (χ0) is 14.5. The molecule has 4 nitrogen and oxygen atoms in total. The van der Waals surface area contributed by atoms with Crippen molar-refractivity contribution in [2.75, 3.05) is 30.7 Å². The third-order valence-corrected chi connectivity index (χ3v) is 3.82. The molecule has 0 unspecified atom stereocenters. The Balaban J connectivity index is 1.78. The van der Waals surface area contributed by atoms with Gasteiger partial charge in [0.1, 0.15) is 5.82 Å². The number of halogens is 1. The van der Waals surface area contributed by atoms with Gasteiger partial charge in [0.25, 0.3) is 0 Å². The maximum Gasteiger partial charge on any atom is 0.225 e. The number of carbonyl (C=O) groups is 1. The summed E-state index contributed by atoms with van der Waals surface area (Å²) in [4.78, 5) is 14.2. The minimum Gasteiger partial charge on any atom is -0.397 e. The van der Waals surface area contributed by atoms with Crippen LogP contribution < -0.4 is 11.1 Å². The van der Waals surface area contributed by atoms with Crippen molar-refractivity contribution < 1.29 is 9.18 Å². The summed E-state index contributed by atoms with van der Waals surface area (Å²) in [5, 5.41) is 2.73. The van der Waals surface area contributed by atoms with Gasteiger partial charge in [-0.1, -0.05) is 6.92 Å². The van der Waals surface area contributed by atoms with Gasteiger partial charge in [0.05, 0.1) is 11.4 Å². The van der Waals surface area contributed by atoms with Crippen molar-refractivity contribution in [3.8, 4) is 0 Å². The van der Waals surface area contributed by atoms with Crippen LogP contribution in [0.25, 0.3) is 0 Å². The maximum atomic E-state index is 12.9. The molecule has 110 valence electrons. The first-order valence-electron chi connectivity index (χ1n) is 7.12. The summed E-state index contributed by atoms with van der Waals surface area (Å²) in [6.07, 6.45) is 2.84. The Labute approximate surface area is 119 Å². The van der Waals surface area contributed by atoms with E-state index < -0.39 is 5.82 Å². The van der Waals surface area contributed by atoms with Gasteiger partial charge in [-0.2, -0.15) is 0 Å². The molecular weight excluding hydrogens is 257 g/mol.